The summed E-state index contributed by atoms with van der Waals surface area (Å²) in [5.74, 6) is 0.456. The molecule has 0 heterocycles. The van der Waals surface area contributed by atoms with Crippen molar-refractivity contribution in [3.8, 4) is 0 Å². The van der Waals surface area contributed by atoms with Gasteiger partial charge in [0.05, 0.1) is 6.10 Å². The van der Waals surface area contributed by atoms with Crippen LogP contribution in [0.15, 0.2) is 0 Å². The maximum atomic E-state index is 12.2. The van der Waals surface area contributed by atoms with Crippen LogP contribution in [0.1, 0.15) is 51.4 Å². The van der Waals surface area contributed by atoms with Gasteiger partial charge in [0.2, 0.25) is 5.91 Å². The van der Waals surface area contributed by atoms with Crippen LogP contribution in [-0.4, -0.2) is 31.2 Å². The number of carbonyl (C=O) groups excluding carboxylic acids is 1. The van der Waals surface area contributed by atoms with Crippen molar-refractivity contribution in [1.29, 1.82) is 0 Å². The molecule has 0 bridgehead atoms. The molecule has 18 heavy (non-hydrogen) atoms. The average molecular weight is 254 g/mol. The molecule has 0 unspecified atom stereocenters. The molecule has 2 aliphatic carbocycles. The van der Waals surface area contributed by atoms with Crippen LogP contribution in [0.2, 0.25) is 0 Å². The van der Waals surface area contributed by atoms with E-state index in [2.05, 4.69) is 5.32 Å². The molecule has 2 fully saturated rings. The summed E-state index contributed by atoms with van der Waals surface area (Å²) in [6.45, 7) is 0. The molecule has 104 valence electrons. The van der Waals surface area contributed by atoms with Gasteiger partial charge < -0.3 is 15.8 Å². The zero-order valence-electron chi connectivity index (χ0n) is 11.4. The first-order chi connectivity index (χ1) is 8.69. The van der Waals surface area contributed by atoms with E-state index in [4.69, 9.17) is 10.5 Å². The van der Waals surface area contributed by atoms with Crippen molar-refractivity contribution in [2.24, 2.45) is 11.7 Å². The first-order valence-corrected chi connectivity index (χ1v) is 7.27. The van der Waals surface area contributed by atoms with Crippen LogP contribution < -0.4 is 11.1 Å². The lowest BCUT2D eigenvalue weighted by Gasteiger charge is -2.31. The first-order valence-electron chi connectivity index (χ1n) is 7.27. The fraction of sp³-hybridized carbons (Fsp3) is 0.929. The van der Waals surface area contributed by atoms with Crippen LogP contribution >= 0.6 is 0 Å². The van der Waals surface area contributed by atoms with E-state index < -0.39 is 0 Å². The summed E-state index contributed by atoms with van der Waals surface area (Å²) in [7, 11) is 1.76. The van der Waals surface area contributed by atoms with Crippen molar-refractivity contribution in [3.63, 3.8) is 0 Å². The highest BCUT2D eigenvalue weighted by Crippen LogP contribution is 2.26. The molecule has 2 aliphatic rings. The second kappa shape index (κ2) is 6.53. The third-order valence-corrected chi connectivity index (χ3v) is 4.50. The fourth-order valence-electron chi connectivity index (χ4n) is 3.14. The molecular weight excluding hydrogens is 228 g/mol. The van der Waals surface area contributed by atoms with Crippen LogP contribution in [0.4, 0.5) is 0 Å². The van der Waals surface area contributed by atoms with Crippen LogP contribution in [0.3, 0.4) is 0 Å². The van der Waals surface area contributed by atoms with E-state index in [9.17, 15) is 4.79 Å². The first kappa shape index (κ1) is 13.8. The Hall–Kier alpha value is -0.610. The van der Waals surface area contributed by atoms with Crippen molar-refractivity contribution in [2.45, 2.75) is 69.6 Å². The molecule has 0 aromatic rings. The maximum Gasteiger partial charge on any atom is 0.223 e. The quantitative estimate of drug-likeness (QED) is 0.803. The van der Waals surface area contributed by atoms with Gasteiger partial charge in [-0.2, -0.15) is 0 Å². The number of nitrogens with two attached hydrogens (primary N) is 1. The van der Waals surface area contributed by atoms with E-state index >= 15 is 0 Å². The molecule has 0 radical (unpaired) electrons. The monoisotopic (exact) mass is 254 g/mol. The highest BCUT2D eigenvalue weighted by molar-refractivity contribution is 5.79. The second-order valence-electron chi connectivity index (χ2n) is 5.83. The lowest BCUT2D eigenvalue weighted by atomic mass is 9.85. The largest absolute Gasteiger partial charge is 0.381 e. The Morgan fingerprint density at radius 1 is 1.06 bits per heavy atom. The molecule has 3 N–H and O–H groups in total. The van der Waals surface area contributed by atoms with E-state index in [-0.39, 0.29) is 11.8 Å². The summed E-state index contributed by atoms with van der Waals surface area (Å²) in [6, 6.07) is 0.702. The summed E-state index contributed by atoms with van der Waals surface area (Å²) in [6.07, 6.45) is 8.51. The van der Waals surface area contributed by atoms with E-state index in [0.29, 0.717) is 18.2 Å². The standard InChI is InChI=1S/C14H26N2O2/c1-18-13-8-2-10(3-9-13)14(17)16-12-6-4-11(15)5-7-12/h10-13H,2-9,15H2,1H3,(H,16,17)/t10?,11-,12-,13?. The lowest BCUT2D eigenvalue weighted by Crippen LogP contribution is -2.43. The average Bonchev–Trinajstić information content (AvgIpc) is 2.41. The summed E-state index contributed by atoms with van der Waals surface area (Å²) in [5.41, 5.74) is 5.87. The molecule has 0 aromatic carbocycles. The molecular formula is C14H26N2O2. The van der Waals surface area contributed by atoms with Gasteiger partial charge >= 0.3 is 0 Å². The molecule has 0 saturated heterocycles. The number of carbonyl (C=O) groups is 1. The second-order valence-corrected chi connectivity index (χ2v) is 5.83. The highest BCUT2D eigenvalue weighted by atomic mass is 16.5. The maximum absolute atomic E-state index is 12.2. The van der Waals surface area contributed by atoms with Crippen molar-refractivity contribution < 1.29 is 9.53 Å². The fourth-order valence-corrected chi connectivity index (χ4v) is 3.14. The predicted molar refractivity (Wildman–Crippen MR) is 71.1 cm³/mol. The van der Waals surface area contributed by atoms with E-state index in [1.165, 1.54) is 0 Å². The summed E-state index contributed by atoms with van der Waals surface area (Å²) in [4.78, 5) is 12.2. The Morgan fingerprint density at radius 2 is 1.67 bits per heavy atom. The number of hydrogen-bond acceptors (Lipinski definition) is 3. The lowest BCUT2D eigenvalue weighted by molar-refractivity contribution is -0.127. The number of amides is 1. The third-order valence-electron chi connectivity index (χ3n) is 4.50. The van der Waals surface area contributed by atoms with E-state index in [1.807, 2.05) is 0 Å². The van der Waals surface area contributed by atoms with Gasteiger partial charge in [-0.3, -0.25) is 4.79 Å². The van der Waals surface area contributed by atoms with Gasteiger partial charge in [-0.05, 0) is 51.4 Å². The Morgan fingerprint density at radius 3 is 2.22 bits per heavy atom. The smallest absolute Gasteiger partial charge is 0.223 e. The van der Waals surface area contributed by atoms with Crippen molar-refractivity contribution in [3.05, 3.63) is 0 Å². The van der Waals surface area contributed by atoms with Crippen LogP contribution in [0.25, 0.3) is 0 Å². The SMILES string of the molecule is COC1CCC(C(=O)N[C@H]2CC[C@H](N)CC2)CC1. The van der Waals surface area contributed by atoms with E-state index in [0.717, 1.165) is 51.4 Å². The van der Waals surface area contributed by atoms with Gasteiger partial charge in [0.1, 0.15) is 0 Å². The van der Waals surface area contributed by atoms with Gasteiger partial charge in [-0.25, -0.2) is 0 Å². The molecule has 0 atom stereocenters. The summed E-state index contributed by atoms with van der Waals surface area (Å²) >= 11 is 0. The van der Waals surface area contributed by atoms with E-state index in [1.54, 1.807) is 7.11 Å². The topological polar surface area (TPSA) is 64.3 Å². The Labute approximate surface area is 110 Å². The summed E-state index contributed by atoms with van der Waals surface area (Å²) in [5, 5.41) is 3.21. The molecule has 1 amide bonds. The highest BCUT2D eigenvalue weighted by Gasteiger charge is 2.28. The number of nitrogens with one attached hydrogen (secondary N) is 1. The van der Waals surface area contributed by atoms with Gasteiger partial charge in [0.15, 0.2) is 0 Å². The predicted octanol–water partition coefficient (Wildman–Crippen LogP) is 1.58. The normalized spacial score (nSPS) is 37.2. The molecule has 4 heteroatoms. The zero-order valence-corrected chi connectivity index (χ0v) is 11.4. The van der Waals surface area contributed by atoms with Gasteiger partial charge in [-0.15, -0.1) is 0 Å². The summed E-state index contributed by atoms with van der Waals surface area (Å²) < 4.78 is 5.34. The zero-order chi connectivity index (χ0) is 13.0. The van der Waals surface area contributed by atoms with Gasteiger partial charge in [0, 0.05) is 25.1 Å². The van der Waals surface area contributed by atoms with Crippen LogP contribution in [0, 0.1) is 5.92 Å². The van der Waals surface area contributed by atoms with Crippen molar-refractivity contribution in [2.75, 3.05) is 7.11 Å². The number of ether oxygens (including phenoxy) is 1. The minimum Gasteiger partial charge on any atom is -0.381 e. The Kier molecular flexibility index (Phi) is 5.01. The Balaban J connectivity index is 1.72. The minimum absolute atomic E-state index is 0.201. The molecule has 2 rings (SSSR count). The molecule has 0 aliphatic heterocycles. The number of hydrogen-bond donors (Lipinski definition) is 2. The van der Waals surface area contributed by atoms with Crippen molar-refractivity contribution in [1.82, 2.24) is 5.32 Å². The third kappa shape index (κ3) is 3.69. The molecule has 4 nitrogen and oxygen atoms in total. The number of methoxy groups -OCH3 is 1. The van der Waals surface area contributed by atoms with Crippen molar-refractivity contribution >= 4 is 5.91 Å². The number of rotatable bonds is 3. The minimum atomic E-state index is 0.201. The van der Waals surface area contributed by atoms with Crippen LogP contribution in [-0.2, 0) is 9.53 Å². The molecule has 0 spiro atoms. The van der Waals surface area contributed by atoms with Gasteiger partial charge in [0.25, 0.3) is 0 Å². The van der Waals surface area contributed by atoms with Gasteiger partial charge in [-0.1, -0.05) is 0 Å². The Bertz CT molecular complexity index is 267. The molecule has 2 saturated carbocycles. The molecule has 0 aromatic heterocycles. The van der Waals surface area contributed by atoms with Crippen LogP contribution in [0.5, 0.6) is 0 Å².